The van der Waals surface area contributed by atoms with Gasteiger partial charge in [0.05, 0.1) is 11.3 Å². The number of benzene rings is 1. The minimum atomic E-state index is -4.36. The normalized spacial score (nSPS) is 12.9. The average Bonchev–Trinajstić information content (AvgIpc) is 2.70. The van der Waals surface area contributed by atoms with Gasteiger partial charge >= 0.3 is 21.3 Å². The molecule has 0 unspecified atom stereocenters. The van der Waals surface area contributed by atoms with Crippen LogP contribution in [-0.4, -0.2) is 31.8 Å². The summed E-state index contributed by atoms with van der Waals surface area (Å²) in [5.41, 5.74) is -0.682. The Labute approximate surface area is 175 Å². The van der Waals surface area contributed by atoms with E-state index < -0.39 is 43.5 Å². The van der Waals surface area contributed by atoms with Crippen molar-refractivity contribution in [3.8, 4) is 5.75 Å². The second-order valence-electron chi connectivity index (χ2n) is 7.15. The maximum Gasteiger partial charge on any atom is 0.979 e. The SMILES string of the molecule is CC[Si](CC)(CC)[O][Al]([O]c1ccc(C(F)(F)F)cc1)[O][Si](CC)(CC)CC. The molecule has 0 atom stereocenters. The number of hydrogen-bond donors (Lipinski definition) is 0. The molecule has 1 aromatic carbocycles. The Bertz CT molecular complexity index is 538. The van der Waals surface area contributed by atoms with Crippen molar-refractivity contribution in [3.63, 3.8) is 0 Å². The fourth-order valence-electron chi connectivity index (χ4n) is 3.31. The van der Waals surface area contributed by atoms with Gasteiger partial charge in [-0.15, -0.1) is 0 Å². The van der Waals surface area contributed by atoms with Crippen LogP contribution in [0.4, 0.5) is 13.2 Å². The molecule has 0 aliphatic rings. The molecular weight excluding hydrogens is 416 g/mol. The van der Waals surface area contributed by atoms with Crippen molar-refractivity contribution >= 4 is 31.8 Å². The van der Waals surface area contributed by atoms with Crippen molar-refractivity contribution in [1.82, 2.24) is 0 Å². The zero-order valence-electron chi connectivity index (χ0n) is 18.0. The highest BCUT2D eigenvalue weighted by Crippen LogP contribution is 2.32. The molecule has 9 heteroatoms. The van der Waals surface area contributed by atoms with Gasteiger partial charge in [0, 0.05) is 0 Å². The van der Waals surface area contributed by atoms with E-state index in [1.54, 1.807) is 0 Å². The van der Waals surface area contributed by atoms with Crippen LogP contribution in [0.15, 0.2) is 24.3 Å². The Morgan fingerprint density at radius 3 is 1.36 bits per heavy atom. The largest absolute Gasteiger partial charge is 0.979 e. The molecule has 1 rings (SSSR count). The third-order valence-corrected chi connectivity index (χ3v) is 19.7. The van der Waals surface area contributed by atoms with E-state index in [9.17, 15) is 13.2 Å². The molecule has 160 valence electrons. The molecule has 0 amide bonds. The van der Waals surface area contributed by atoms with E-state index in [4.69, 9.17) is 10.7 Å². The van der Waals surface area contributed by atoms with Crippen molar-refractivity contribution in [2.75, 3.05) is 0 Å². The second-order valence-corrected chi connectivity index (χ2v) is 18.8. The minimum absolute atomic E-state index is 0.391. The Hall–Kier alpha value is -0.304. The third-order valence-electron chi connectivity index (χ3n) is 5.97. The first-order valence-corrected chi connectivity index (χ1v) is 16.8. The summed E-state index contributed by atoms with van der Waals surface area (Å²) < 4.78 is 57.8. The molecule has 3 nitrogen and oxygen atoms in total. The molecular formula is C19H34AlF3O3Si2. The highest BCUT2D eigenvalue weighted by molar-refractivity contribution is 6.82. The van der Waals surface area contributed by atoms with Gasteiger partial charge in [-0.25, -0.2) is 0 Å². The molecule has 0 heterocycles. The summed E-state index contributed by atoms with van der Waals surface area (Å²) in [5.74, 6) is 0.391. The molecule has 0 spiro atoms. The second kappa shape index (κ2) is 11.2. The van der Waals surface area contributed by atoms with E-state index >= 15 is 0 Å². The maximum atomic E-state index is 12.8. The van der Waals surface area contributed by atoms with Crippen molar-refractivity contribution in [2.24, 2.45) is 0 Å². The zero-order chi connectivity index (χ0) is 21.4. The number of alkyl halides is 3. The minimum Gasteiger partial charge on any atom is -0.600 e. The van der Waals surface area contributed by atoms with Crippen molar-refractivity contribution in [1.29, 1.82) is 0 Å². The highest BCUT2D eigenvalue weighted by atomic mass is 28.4. The fourth-order valence-corrected chi connectivity index (χ4v) is 15.0. The van der Waals surface area contributed by atoms with Crippen LogP contribution in [0.3, 0.4) is 0 Å². The first-order valence-electron chi connectivity index (χ1n) is 10.3. The summed E-state index contributed by atoms with van der Waals surface area (Å²) in [6.45, 7) is 12.9. The van der Waals surface area contributed by atoms with Gasteiger partial charge in [0.15, 0.2) is 16.6 Å². The van der Waals surface area contributed by atoms with Gasteiger partial charge in [0.25, 0.3) is 0 Å². The Morgan fingerprint density at radius 1 is 0.714 bits per heavy atom. The van der Waals surface area contributed by atoms with Crippen molar-refractivity contribution in [3.05, 3.63) is 29.8 Å². The third kappa shape index (κ3) is 6.89. The molecule has 0 bridgehead atoms. The molecule has 0 aromatic heterocycles. The molecule has 0 N–H and O–H groups in total. The summed E-state index contributed by atoms with van der Waals surface area (Å²) in [5, 5.41) is 0. The molecule has 28 heavy (non-hydrogen) atoms. The van der Waals surface area contributed by atoms with Gasteiger partial charge in [-0.1, -0.05) is 41.5 Å². The first-order chi connectivity index (χ1) is 13.1. The Balaban J connectivity index is 3.12. The van der Waals surface area contributed by atoms with Crippen LogP contribution in [0, 0.1) is 0 Å². The summed E-state index contributed by atoms with van der Waals surface area (Å²) in [4.78, 5) is 0. The van der Waals surface area contributed by atoms with E-state index in [1.165, 1.54) is 12.1 Å². The van der Waals surface area contributed by atoms with Crippen LogP contribution < -0.4 is 3.79 Å². The van der Waals surface area contributed by atoms with Gasteiger partial charge in [-0.2, -0.15) is 13.2 Å². The van der Waals surface area contributed by atoms with Crippen molar-refractivity contribution in [2.45, 2.75) is 84.0 Å². The number of rotatable bonds is 12. The van der Waals surface area contributed by atoms with Gasteiger partial charge in [-0.05, 0) is 60.5 Å². The topological polar surface area (TPSA) is 27.7 Å². The zero-order valence-corrected chi connectivity index (χ0v) is 21.1. The number of halogens is 3. The van der Waals surface area contributed by atoms with Crippen LogP contribution in [0.5, 0.6) is 5.75 Å². The molecule has 0 radical (unpaired) electrons. The van der Waals surface area contributed by atoms with Gasteiger partial charge in [0.1, 0.15) is 0 Å². The van der Waals surface area contributed by atoms with E-state index in [0.29, 0.717) is 5.75 Å². The molecule has 0 saturated heterocycles. The highest BCUT2D eigenvalue weighted by Gasteiger charge is 2.48. The van der Waals surface area contributed by atoms with Crippen LogP contribution in [-0.2, 0) is 13.1 Å². The molecule has 0 saturated carbocycles. The van der Waals surface area contributed by atoms with E-state index in [0.717, 1.165) is 48.4 Å². The van der Waals surface area contributed by atoms with E-state index in [2.05, 4.69) is 41.5 Å². The maximum absolute atomic E-state index is 12.8. The molecule has 0 aliphatic carbocycles. The van der Waals surface area contributed by atoms with Crippen molar-refractivity contribution < 1.29 is 23.9 Å². The van der Waals surface area contributed by atoms with Gasteiger partial charge in [0.2, 0.25) is 0 Å². The molecule has 1 aromatic rings. The average molecular weight is 451 g/mol. The summed E-state index contributed by atoms with van der Waals surface area (Å²) in [7, 11) is -3.92. The quantitative estimate of drug-likeness (QED) is 0.318. The summed E-state index contributed by atoms with van der Waals surface area (Å²) >= 11 is -2.53. The lowest BCUT2D eigenvalue weighted by Crippen LogP contribution is -2.52. The first kappa shape index (κ1) is 25.7. The van der Waals surface area contributed by atoms with E-state index in [-0.39, 0.29) is 0 Å². The Morgan fingerprint density at radius 2 is 1.07 bits per heavy atom. The van der Waals surface area contributed by atoms with Crippen LogP contribution in [0.2, 0.25) is 36.3 Å². The fraction of sp³-hybridized carbons (Fsp3) is 0.684. The lowest BCUT2D eigenvalue weighted by atomic mass is 10.2. The van der Waals surface area contributed by atoms with Gasteiger partial charge in [-0.3, -0.25) is 0 Å². The van der Waals surface area contributed by atoms with Crippen LogP contribution in [0.1, 0.15) is 47.1 Å². The molecule has 0 aliphatic heterocycles. The van der Waals surface area contributed by atoms with E-state index in [1.807, 2.05) is 0 Å². The summed E-state index contributed by atoms with van der Waals surface area (Å²) in [6, 6.07) is 10.7. The number of hydrogen-bond acceptors (Lipinski definition) is 3. The standard InChI is InChI=1S/C7H5F3O.2C6H15OSi.Al/c8-7(9,10)5-1-3-6(11)4-2-5;2*1-4-8(7,5-2)6-3;/h1-4,11H;2*4-6H2,1-3H3;/q;2*-1;+3/p-1. The molecule has 0 fully saturated rings. The van der Waals surface area contributed by atoms with Crippen LogP contribution in [0.25, 0.3) is 0 Å². The predicted octanol–water partition coefficient (Wildman–Crippen LogP) is 7.11. The Kier molecular flexibility index (Phi) is 10.3. The predicted molar refractivity (Wildman–Crippen MR) is 114 cm³/mol. The lowest BCUT2D eigenvalue weighted by molar-refractivity contribution is -0.137. The lowest BCUT2D eigenvalue weighted by Gasteiger charge is -2.36. The van der Waals surface area contributed by atoms with Gasteiger partial charge < -0.3 is 10.7 Å². The smallest absolute Gasteiger partial charge is 0.600 e. The van der Waals surface area contributed by atoms with Crippen LogP contribution >= 0.6 is 0 Å². The summed E-state index contributed by atoms with van der Waals surface area (Å²) in [6.07, 6.45) is -4.36. The monoisotopic (exact) mass is 450 g/mol.